The van der Waals surface area contributed by atoms with Gasteiger partial charge in [0.25, 0.3) is 17.5 Å². The number of hydrogen-bond acceptors (Lipinski definition) is 5. The summed E-state index contributed by atoms with van der Waals surface area (Å²) in [6.45, 7) is 5.04. The number of nitro benzene ring substituents is 1. The summed E-state index contributed by atoms with van der Waals surface area (Å²) in [6, 6.07) is 16.0. The molecule has 7 nitrogen and oxygen atoms in total. The number of benzene rings is 2. The highest BCUT2D eigenvalue weighted by atomic mass is 16.6. The van der Waals surface area contributed by atoms with Gasteiger partial charge in [-0.2, -0.15) is 0 Å². The number of imide groups is 1. The minimum atomic E-state index is -0.474. The van der Waals surface area contributed by atoms with E-state index in [9.17, 15) is 19.7 Å². The highest BCUT2D eigenvalue weighted by Gasteiger charge is 2.43. The maximum atomic E-state index is 13.3. The summed E-state index contributed by atoms with van der Waals surface area (Å²) in [7, 11) is 0. The van der Waals surface area contributed by atoms with E-state index >= 15 is 0 Å². The molecule has 2 aromatic rings. The molecule has 166 valence electrons. The second-order valence-corrected chi connectivity index (χ2v) is 8.72. The molecule has 7 heteroatoms. The minimum Gasteiger partial charge on any atom is -0.366 e. The Labute approximate surface area is 187 Å². The van der Waals surface area contributed by atoms with Gasteiger partial charge in [0.15, 0.2) is 0 Å². The zero-order valence-electron chi connectivity index (χ0n) is 18.4. The molecule has 0 unspecified atom stereocenters. The van der Waals surface area contributed by atoms with E-state index in [2.05, 4.69) is 24.3 Å². The van der Waals surface area contributed by atoms with Crippen molar-refractivity contribution in [2.75, 3.05) is 13.1 Å². The molecule has 0 atom stereocenters. The van der Waals surface area contributed by atoms with Crippen LogP contribution in [0.3, 0.4) is 0 Å². The van der Waals surface area contributed by atoms with Gasteiger partial charge in [0.2, 0.25) is 0 Å². The third-order valence-electron chi connectivity index (χ3n) is 6.27. The van der Waals surface area contributed by atoms with E-state index in [1.54, 1.807) is 12.1 Å². The lowest BCUT2D eigenvalue weighted by molar-refractivity contribution is -0.384. The summed E-state index contributed by atoms with van der Waals surface area (Å²) < 4.78 is 0. The van der Waals surface area contributed by atoms with Crippen molar-refractivity contribution in [3.8, 4) is 0 Å². The molecule has 2 heterocycles. The highest BCUT2D eigenvalue weighted by molar-refractivity contribution is 6.35. The first kappa shape index (κ1) is 21.7. The topological polar surface area (TPSA) is 83.8 Å². The van der Waals surface area contributed by atoms with Gasteiger partial charge >= 0.3 is 0 Å². The van der Waals surface area contributed by atoms with Crippen LogP contribution in [0.1, 0.15) is 37.8 Å². The third-order valence-corrected chi connectivity index (χ3v) is 6.27. The van der Waals surface area contributed by atoms with Crippen LogP contribution in [0, 0.1) is 16.0 Å². The Hall–Kier alpha value is -3.48. The SMILES string of the molecule is CC(C)N1C(=O)C(c2ccc([N+](=O)[O-])cc2)=C(N2CCC(Cc3ccccc3)CC2)C1=O. The molecule has 2 aliphatic rings. The maximum Gasteiger partial charge on any atom is 0.278 e. The zero-order valence-corrected chi connectivity index (χ0v) is 18.4. The lowest BCUT2D eigenvalue weighted by atomic mass is 9.89. The first-order valence-electron chi connectivity index (χ1n) is 11.0. The molecule has 0 saturated carbocycles. The molecular formula is C25H27N3O4. The fraction of sp³-hybridized carbons (Fsp3) is 0.360. The molecule has 2 aliphatic heterocycles. The van der Waals surface area contributed by atoms with Crippen LogP contribution < -0.4 is 0 Å². The number of carbonyl (C=O) groups is 2. The Morgan fingerprint density at radius 1 is 0.969 bits per heavy atom. The number of amides is 2. The largest absolute Gasteiger partial charge is 0.366 e. The molecule has 2 aromatic carbocycles. The van der Waals surface area contributed by atoms with E-state index in [0.29, 0.717) is 35.8 Å². The normalized spacial score (nSPS) is 17.6. The second-order valence-electron chi connectivity index (χ2n) is 8.72. The third kappa shape index (κ3) is 4.15. The van der Waals surface area contributed by atoms with Crippen molar-refractivity contribution in [3.63, 3.8) is 0 Å². The molecule has 1 saturated heterocycles. The molecular weight excluding hydrogens is 406 g/mol. The average Bonchev–Trinajstić information content (AvgIpc) is 3.05. The molecule has 2 amide bonds. The highest BCUT2D eigenvalue weighted by Crippen LogP contribution is 2.35. The Kier molecular flexibility index (Phi) is 6.08. The van der Waals surface area contributed by atoms with Gasteiger partial charge in [-0.15, -0.1) is 0 Å². The molecule has 0 aliphatic carbocycles. The zero-order chi connectivity index (χ0) is 22.8. The summed E-state index contributed by atoms with van der Waals surface area (Å²) >= 11 is 0. The van der Waals surface area contributed by atoms with E-state index in [-0.39, 0.29) is 23.5 Å². The Morgan fingerprint density at radius 3 is 2.16 bits per heavy atom. The van der Waals surface area contributed by atoms with Gasteiger partial charge in [-0.1, -0.05) is 30.3 Å². The predicted molar refractivity (Wildman–Crippen MR) is 121 cm³/mol. The Bertz CT molecular complexity index is 1050. The summed E-state index contributed by atoms with van der Waals surface area (Å²) in [5.41, 5.74) is 2.58. The summed E-state index contributed by atoms with van der Waals surface area (Å²) in [4.78, 5) is 40.4. The monoisotopic (exact) mass is 433 g/mol. The number of non-ortho nitro benzene ring substituents is 1. The first-order valence-corrected chi connectivity index (χ1v) is 11.0. The van der Waals surface area contributed by atoms with E-state index in [0.717, 1.165) is 19.3 Å². The van der Waals surface area contributed by atoms with Gasteiger partial charge in [0.05, 0.1) is 10.5 Å². The molecule has 0 bridgehead atoms. The lowest BCUT2D eigenvalue weighted by Gasteiger charge is -2.34. The van der Waals surface area contributed by atoms with Crippen LogP contribution in [-0.2, 0) is 16.0 Å². The molecule has 0 spiro atoms. The van der Waals surface area contributed by atoms with E-state index in [1.165, 1.54) is 22.6 Å². The van der Waals surface area contributed by atoms with Crippen molar-refractivity contribution >= 4 is 23.1 Å². The second kappa shape index (κ2) is 8.94. The molecule has 0 radical (unpaired) electrons. The first-order chi connectivity index (χ1) is 15.4. The predicted octanol–water partition coefficient (Wildman–Crippen LogP) is 4.04. The Morgan fingerprint density at radius 2 is 1.59 bits per heavy atom. The number of carbonyl (C=O) groups excluding carboxylic acids is 2. The summed E-state index contributed by atoms with van der Waals surface area (Å²) in [5, 5.41) is 11.0. The van der Waals surface area contributed by atoms with Crippen LogP contribution in [0.15, 0.2) is 60.3 Å². The Balaban J connectivity index is 1.60. The number of nitrogens with zero attached hydrogens (tertiary/aromatic N) is 3. The van der Waals surface area contributed by atoms with Crippen LogP contribution in [0.2, 0.25) is 0 Å². The number of hydrogen-bond donors (Lipinski definition) is 0. The van der Waals surface area contributed by atoms with Crippen molar-refractivity contribution in [1.29, 1.82) is 0 Å². The van der Waals surface area contributed by atoms with Crippen molar-refractivity contribution in [2.24, 2.45) is 5.92 Å². The number of rotatable bonds is 6. The van der Waals surface area contributed by atoms with Gasteiger partial charge in [0, 0.05) is 31.3 Å². The number of piperidine rings is 1. The molecule has 0 N–H and O–H groups in total. The van der Waals surface area contributed by atoms with Gasteiger partial charge in [-0.05, 0) is 62.3 Å². The van der Waals surface area contributed by atoms with Gasteiger partial charge in [0.1, 0.15) is 5.70 Å². The van der Waals surface area contributed by atoms with Crippen LogP contribution >= 0.6 is 0 Å². The van der Waals surface area contributed by atoms with E-state index in [4.69, 9.17) is 0 Å². The molecule has 32 heavy (non-hydrogen) atoms. The fourth-order valence-electron chi connectivity index (χ4n) is 4.62. The quantitative estimate of drug-likeness (QED) is 0.390. The van der Waals surface area contributed by atoms with Crippen molar-refractivity contribution in [3.05, 3.63) is 81.5 Å². The van der Waals surface area contributed by atoms with Crippen LogP contribution in [-0.4, -0.2) is 45.7 Å². The van der Waals surface area contributed by atoms with Crippen LogP contribution in [0.5, 0.6) is 0 Å². The fourth-order valence-corrected chi connectivity index (χ4v) is 4.62. The average molecular weight is 434 g/mol. The summed E-state index contributed by atoms with van der Waals surface area (Å²) in [5.74, 6) is -0.0781. The van der Waals surface area contributed by atoms with Crippen molar-refractivity contribution in [1.82, 2.24) is 9.80 Å². The smallest absolute Gasteiger partial charge is 0.278 e. The molecule has 0 aromatic heterocycles. The maximum absolute atomic E-state index is 13.3. The number of likely N-dealkylation sites (tertiary alicyclic amines) is 1. The standard InChI is InChI=1S/C25H27N3O4/c1-17(2)27-24(29)22(20-8-10-21(11-9-20)28(31)32)23(25(27)30)26-14-12-19(13-15-26)16-18-6-4-3-5-7-18/h3-11,17,19H,12-16H2,1-2H3. The van der Waals surface area contributed by atoms with E-state index in [1.807, 2.05) is 24.8 Å². The minimum absolute atomic E-state index is 0.0462. The van der Waals surface area contributed by atoms with Crippen LogP contribution in [0.25, 0.3) is 5.57 Å². The van der Waals surface area contributed by atoms with Crippen LogP contribution in [0.4, 0.5) is 5.69 Å². The van der Waals surface area contributed by atoms with Gasteiger partial charge < -0.3 is 4.90 Å². The van der Waals surface area contributed by atoms with Gasteiger partial charge in [-0.25, -0.2) is 0 Å². The van der Waals surface area contributed by atoms with E-state index < -0.39 is 4.92 Å². The molecule has 1 fully saturated rings. The number of nitro groups is 1. The lowest BCUT2D eigenvalue weighted by Crippen LogP contribution is -2.41. The molecule has 4 rings (SSSR count). The van der Waals surface area contributed by atoms with Gasteiger partial charge in [-0.3, -0.25) is 24.6 Å². The van der Waals surface area contributed by atoms with Crippen molar-refractivity contribution < 1.29 is 14.5 Å². The van der Waals surface area contributed by atoms with Crippen molar-refractivity contribution in [2.45, 2.75) is 39.2 Å². The summed E-state index contributed by atoms with van der Waals surface area (Å²) in [6.07, 6.45) is 2.89.